The number of H-pyrrole nitrogens is 2. The molecule has 0 bridgehead atoms. The molecule has 2 aromatic heterocycles. The third kappa shape index (κ3) is 8.47. The number of benzene rings is 3. The number of ether oxygens (including phenoxy) is 1. The fourth-order valence-corrected chi connectivity index (χ4v) is 8.07. The molecule has 3 aromatic carbocycles. The lowest BCUT2D eigenvalue weighted by molar-refractivity contribution is -0.139. The molecule has 7 rings (SSSR count). The number of methoxy groups -OCH3 is 1. The number of imidazole rings is 2. The Kier molecular flexibility index (Phi) is 11.9. The molecule has 4 amide bonds. The van der Waals surface area contributed by atoms with E-state index in [-0.39, 0.29) is 35.7 Å². The van der Waals surface area contributed by atoms with Gasteiger partial charge in [-0.1, -0.05) is 76.2 Å². The maximum absolute atomic E-state index is 13.6. The largest absolute Gasteiger partial charge is 0.453 e. The van der Waals surface area contributed by atoms with E-state index in [1.54, 1.807) is 4.90 Å². The summed E-state index contributed by atoms with van der Waals surface area (Å²) in [5.74, 6) is 0.342. The minimum absolute atomic E-state index is 0.107. The highest BCUT2D eigenvalue weighted by atomic mass is 16.5. The van der Waals surface area contributed by atoms with Gasteiger partial charge in [0.25, 0.3) is 0 Å². The van der Waals surface area contributed by atoms with Crippen molar-refractivity contribution in [1.29, 1.82) is 0 Å². The number of aliphatic hydroxyl groups excluding tert-OH is 1. The molecule has 5 N–H and O–H groups in total. The van der Waals surface area contributed by atoms with Gasteiger partial charge < -0.3 is 40.2 Å². The van der Waals surface area contributed by atoms with Crippen LogP contribution in [0.25, 0.3) is 45.3 Å². The number of aromatic amines is 2. The van der Waals surface area contributed by atoms with Gasteiger partial charge in [-0.15, -0.1) is 0 Å². The van der Waals surface area contributed by atoms with Crippen molar-refractivity contribution in [2.45, 2.75) is 77.5 Å². The monoisotopic (exact) mass is 788 g/mol. The standard InChI is InChI=1S/C44H52N8O6/c1-25(2)38(49-37(54)24-53)42(55)51-20-6-8-35(51)40-45-31-18-14-28(22-33(31)47-40)11-10-27-12-15-29(16-13-27)30-17-19-32-34(23-30)48-41(46-32)36-9-7-21-52(36)43(56)39(26(3)4)50-44(57)58-5/h10-19,22-23,25-26,35-36,38-39,53H,6-9,20-21,24H2,1-5H3,(H,45,47)(H,46,48)(H,49,54)(H,50,57). The van der Waals surface area contributed by atoms with Crippen molar-refractivity contribution in [2.24, 2.45) is 11.8 Å². The van der Waals surface area contributed by atoms with Crippen LogP contribution in [0.5, 0.6) is 0 Å². The maximum atomic E-state index is 13.6. The zero-order chi connectivity index (χ0) is 41.1. The van der Waals surface area contributed by atoms with Crippen molar-refractivity contribution in [2.75, 3.05) is 26.8 Å². The lowest BCUT2D eigenvalue weighted by Crippen LogP contribution is -2.51. The molecule has 0 saturated carbocycles. The molecule has 2 fully saturated rings. The molecule has 304 valence electrons. The molecule has 2 aliphatic heterocycles. The number of rotatable bonds is 12. The Morgan fingerprint density at radius 2 is 1.24 bits per heavy atom. The predicted octanol–water partition coefficient (Wildman–Crippen LogP) is 6.12. The second kappa shape index (κ2) is 17.2. The molecule has 14 heteroatoms. The van der Waals surface area contributed by atoms with Crippen molar-refractivity contribution >= 4 is 58.0 Å². The summed E-state index contributed by atoms with van der Waals surface area (Å²) in [6, 6.07) is 18.7. The molecule has 0 aliphatic carbocycles. The van der Waals surface area contributed by atoms with E-state index in [2.05, 4.69) is 69.2 Å². The number of carbonyl (C=O) groups is 4. The minimum atomic E-state index is -0.722. The summed E-state index contributed by atoms with van der Waals surface area (Å²) < 4.78 is 4.77. The van der Waals surface area contributed by atoms with Crippen LogP contribution < -0.4 is 10.6 Å². The summed E-state index contributed by atoms with van der Waals surface area (Å²) in [7, 11) is 1.29. The molecule has 4 heterocycles. The minimum Gasteiger partial charge on any atom is -0.453 e. The van der Waals surface area contributed by atoms with E-state index >= 15 is 0 Å². The van der Waals surface area contributed by atoms with Gasteiger partial charge in [-0.3, -0.25) is 14.4 Å². The molecule has 2 aliphatic rings. The molecule has 14 nitrogen and oxygen atoms in total. The first-order valence-electron chi connectivity index (χ1n) is 20.1. The van der Waals surface area contributed by atoms with Gasteiger partial charge in [0.1, 0.15) is 30.3 Å². The van der Waals surface area contributed by atoms with Gasteiger partial charge in [0.15, 0.2) is 0 Å². The second-order valence-corrected chi connectivity index (χ2v) is 15.9. The molecule has 0 spiro atoms. The number of amides is 4. The first-order chi connectivity index (χ1) is 27.9. The van der Waals surface area contributed by atoms with E-state index in [1.165, 1.54) is 7.11 Å². The number of aliphatic hydroxyl groups is 1. The number of fused-ring (bicyclic) bond motifs is 2. The highest BCUT2D eigenvalue weighted by Crippen LogP contribution is 2.35. The van der Waals surface area contributed by atoms with Crippen molar-refractivity contribution in [3.05, 3.63) is 83.4 Å². The summed E-state index contributed by atoms with van der Waals surface area (Å²) >= 11 is 0. The predicted molar refractivity (Wildman–Crippen MR) is 222 cm³/mol. The molecular weight excluding hydrogens is 737 g/mol. The first-order valence-corrected chi connectivity index (χ1v) is 20.1. The Hall–Kier alpha value is -6.02. The number of hydrogen-bond donors (Lipinski definition) is 5. The summed E-state index contributed by atoms with van der Waals surface area (Å²) in [6.07, 6.45) is 6.73. The van der Waals surface area contributed by atoms with Crippen LogP contribution in [0.1, 0.15) is 88.2 Å². The molecule has 0 radical (unpaired) electrons. The number of carbonyl (C=O) groups excluding carboxylic acids is 4. The quantitative estimate of drug-likeness (QED) is 0.0937. The molecule has 2 saturated heterocycles. The zero-order valence-corrected chi connectivity index (χ0v) is 33.6. The van der Waals surface area contributed by atoms with Crippen LogP contribution in [0.15, 0.2) is 60.7 Å². The topological polar surface area (TPSA) is 186 Å². The number of aromatic nitrogens is 4. The van der Waals surface area contributed by atoms with Crippen LogP contribution in [-0.2, 0) is 19.1 Å². The second-order valence-electron chi connectivity index (χ2n) is 15.9. The van der Waals surface area contributed by atoms with Crippen LogP contribution in [0.4, 0.5) is 4.79 Å². The summed E-state index contributed by atoms with van der Waals surface area (Å²) in [6.45, 7) is 8.07. The number of nitrogens with zero attached hydrogens (tertiary/aromatic N) is 4. The number of hydrogen-bond acceptors (Lipinski definition) is 8. The first kappa shape index (κ1) is 40.2. The average Bonchev–Trinajstić information content (AvgIpc) is 4.05. The Morgan fingerprint density at radius 1 is 0.741 bits per heavy atom. The van der Waals surface area contributed by atoms with Crippen LogP contribution in [-0.4, -0.2) is 97.5 Å². The van der Waals surface area contributed by atoms with Crippen molar-refractivity contribution in [1.82, 2.24) is 40.4 Å². The molecule has 4 atom stereocenters. The lowest BCUT2D eigenvalue weighted by Gasteiger charge is -2.30. The highest BCUT2D eigenvalue weighted by molar-refractivity contribution is 5.89. The van der Waals surface area contributed by atoms with E-state index in [0.717, 1.165) is 81.7 Å². The maximum Gasteiger partial charge on any atom is 0.407 e. The lowest BCUT2D eigenvalue weighted by atomic mass is 10.0. The summed E-state index contributed by atoms with van der Waals surface area (Å²) in [4.78, 5) is 71.3. The smallest absolute Gasteiger partial charge is 0.407 e. The highest BCUT2D eigenvalue weighted by Gasteiger charge is 2.39. The third-order valence-corrected chi connectivity index (χ3v) is 11.2. The van der Waals surface area contributed by atoms with Crippen molar-refractivity contribution < 1.29 is 29.0 Å². The van der Waals surface area contributed by atoms with Crippen LogP contribution in [0.2, 0.25) is 0 Å². The van der Waals surface area contributed by atoms with Crippen LogP contribution in [0, 0.1) is 11.8 Å². The van der Waals surface area contributed by atoms with Gasteiger partial charge in [-0.2, -0.15) is 0 Å². The zero-order valence-electron chi connectivity index (χ0n) is 33.6. The third-order valence-electron chi connectivity index (χ3n) is 11.2. The normalized spacial score (nSPS) is 18.1. The van der Waals surface area contributed by atoms with E-state index in [9.17, 15) is 24.3 Å². The molecular formula is C44H52N8O6. The van der Waals surface area contributed by atoms with Gasteiger partial charge >= 0.3 is 6.09 Å². The van der Waals surface area contributed by atoms with Gasteiger partial charge in [-0.25, -0.2) is 14.8 Å². The van der Waals surface area contributed by atoms with Crippen LogP contribution >= 0.6 is 0 Å². The summed E-state index contributed by atoms with van der Waals surface area (Å²) in [5, 5.41) is 14.6. The van der Waals surface area contributed by atoms with E-state index in [4.69, 9.17) is 14.7 Å². The fraction of sp³-hybridized carbons (Fsp3) is 0.409. The van der Waals surface area contributed by atoms with E-state index in [1.807, 2.05) is 56.9 Å². The summed E-state index contributed by atoms with van der Waals surface area (Å²) in [5.41, 5.74) is 7.54. The van der Waals surface area contributed by atoms with Gasteiger partial charge in [0.05, 0.1) is 41.3 Å². The fourth-order valence-electron chi connectivity index (χ4n) is 8.07. The molecule has 4 unspecified atom stereocenters. The SMILES string of the molecule is COC(=O)NC(C(=O)N1CCCC1c1nc2ccc(-c3ccc(C=Cc4ccc5nc(C6CCCN6C(=O)C(NC(=O)CO)C(C)C)[nH]c5c4)cc3)cc2[nH]1)C(C)C. The van der Waals surface area contributed by atoms with Gasteiger partial charge in [-0.05, 0) is 84.0 Å². The Labute approximate surface area is 337 Å². The van der Waals surface area contributed by atoms with Crippen LogP contribution in [0.3, 0.4) is 0 Å². The Balaban J connectivity index is 1.02. The van der Waals surface area contributed by atoms with Crippen molar-refractivity contribution in [3.63, 3.8) is 0 Å². The van der Waals surface area contributed by atoms with Gasteiger partial charge in [0, 0.05) is 13.1 Å². The Morgan fingerprint density at radius 3 is 1.79 bits per heavy atom. The number of likely N-dealkylation sites (tertiary alicyclic amines) is 2. The number of alkyl carbamates (subject to hydrolysis) is 1. The Bertz CT molecular complexity index is 2330. The molecule has 5 aromatic rings. The number of nitrogens with one attached hydrogen (secondary N) is 4. The van der Waals surface area contributed by atoms with Crippen molar-refractivity contribution in [3.8, 4) is 11.1 Å². The van der Waals surface area contributed by atoms with E-state index in [0.29, 0.717) is 13.1 Å². The van der Waals surface area contributed by atoms with E-state index < -0.39 is 30.7 Å². The average molecular weight is 789 g/mol. The molecule has 58 heavy (non-hydrogen) atoms. The van der Waals surface area contributed by atoms with Gasteiger partial charge in [0.2, 0.25) is 17.7 Å².